The van der Waals surface area contributed by atoms with E-state index in [2.05, 4.69) is 22.2 Å². The molecule has 8 heteroatoms. The molecule has 1 aromatic heterocycles. The van der Waals surface area contributed by atoms with E-state index in [0.717, 1.165) is 23.4 Å². The van der Waals surface area contributed by atoms with Gasteiger partial charge < -0.3 is 10.3 Å². The van der Waals surface area contributed by atoms with Crippen molar-refractivity contribution in [1.82, 2.24) is 15.3 Å². The SMILES string of the molecule is CCCSCc1cc(=O)[nH]c(SCC(=O)NCc2ccc(Cl)cc2)n1. The van der Waals surface area contributed by atoms with Gasteiger partial charge in [0.1, 0.15) is 0 Å². The van der Waals surface area contributed by atoms with E-state index in [-0.39, 0.29) is 17.2 Å². The molecule has 0 spiro atoms. The van der Waals surface area contributed by atoms with Crippen LogP contribution in [0, 0.1) is 0 Å². The largest absolute Gasteiger partial charge is 0.351 e. The third-order valence-corrected chi connectivity index (χ3v) is 5.44. The Morgan fingerprint density at radius 1 is 1.32 bits per heavy atom. The zero-order chi connectivity index (χ0) is 18.1. The molecule has 0 aliphatic heterocycles. The second kappa shape index (κ2) is 10.5. The fourth-order valence-electron chi connectivity index (χ4n) is 1.93. The Hall–Kier alpha value is -1.44. The van der Waals surface area contributed by atoms with Crippen molar-refractivity contribution in [2.75, 3.05) is 11.5 Å². The number of aromatic amines is 1. The molecular formula is C17H20ClN3O2S2. The Kier molecular flexibility index (Phi) is 8.37. The van der Waals surface area contributed by atoms with Gasteiger partial charge in [0.15, 0.2) is 5.16 Å². The number of aromatic nitrogens is 2. The molecule has 2 N–H and O–H groups in total. The number of H-pyrrole nitrogens is 1. The van der Waals surface area contributed by atoms with Crippen LogP contribution in [0.4, 0.5) is 0 Å². The number of benzene rings is 1. The summed E-state index contributed by atoms with van der Waals surface area (Å²) in [5.41, 5.74) is 1.53. The summed E-state index contributed by atoms with van der Waals surface area (Å²) in [5, 5.41) is 3.97. The molecule has 2 rings (SSSR count). The number of hydrogen-bond donors (Lipinski definition) is 2. The van der Waals surface area contributed by atoms with Crippen LogP contribution in [-0.2, 0) is 17.1 Å². The summed E-state index contributed by atoms with van der Waals surface area (Å²) in [6.07, 6.45) is 1.09. The molecule has 0 bridgehead atoms. The number of hydrogen-bond acceptors (Lipinski definition) is 5. The van der Waals surface area contributed by atoms with Crippen molar-refractivity contribution < 1.29 is 4.79 Å². The van der Waals surface area contributed by atoms with Crippen LogP contribution in [0.1, 0.15) is 24.6 Å². The highest BCUT2D eigenvalue weighted by Gasteiger charge is 2.07. The molecule has 1 heterocycles. The van der Waals surface area contributed by atoms with Crippen molar-refractivity contribution in [1.29, 1.82) is 0 Å². The molecule has 0 aliphatic rings. The first-order valence-corrected chi connectivity index (χ1v) is 10.4. The molecule has 25 heavy (non-hydrogen) atoms. The molecule has 0 radical (unpaired) electrons. The lowest BCUT2D eigenvalue weighted by molar-refractivity contribution is -0.118. The molecule has 0 saturated carbocycles. The molecule has 0 saturated heterocycles. The van der Waals surface area contributed by atoms with Gasteiger partial charge in [-0.1, -0.05) is 42.4 Å². The van der Waals surface area contributed by atoms with Crippen molar-refractivity contribution in [2.24, 2.45) is 0 Å². The fourth-order valence-corrected chi connectivity index (χ4v) is 3.58. The summed E-state index contributed by atoms with van der Waals surface area (Å²) in [6.45, 7) is 2.55. The average Bonchev–Trinajstić information content (AvgIpc) is 2.59. The topological polar surface area (TPSA) is 74.8 Å². The highest BCUT2D eigenvalue weighted by atomic mass is 35.5. The quantitative estimate of drug-likeness (QED) is 0.385. The van der Waals surface area contributed by atoms with E-state index < -0.39 is 0 Å². The molecule has 1 amide bonds. The molecule has 0 aliphatic carbocycles. The summed E-state index contributed by atoms with van der Waals surface area (Å²) in [5.74, 6) is 1.81. The van der Waals surface area contributed by atoms with E-state index >= 15 is 0 Å². The fraction of sp³-hybridized carbons (Fsp3) is 0.353. The summed E-state index contributed by atoms with van der Waals surface area (Å²) >= 11 is 8.80. The summed E-state index contributed by atoms with van der Waals surface area (Å²) in [7, 11) is 0. The minimum absolute atomic E-state index is 0.117. The first kappa shape index (κ1) is 19.9. The lowest BCUT2D eigenvalue weighted by Gasteiger charge is -2.06. The second-order valence-electron chi connectivity index (χ2n) is 5.29. The van der Waals surface area contributed by atoms with Crippen molar-refractivity contribution in [3.63, 3.8) is 0 Å². The maximum atomic E-state index is 12.0. The Labute approximate surface area is 160 Å². The molecule has 2 aromatic rings. The number of halogens is 1. The number of nitrogens with zero attached hydrogens (tertiary/aromatic N) is 1. The number of amides is 1. The van der Waals surface area contributed by atoms with Gasteiger partial charge in [-0.25, -0.2) is 4.98 Å². The van der Waals surface area contributed by atoms with Gasteiger partial charge in [-0.2, -0.15) is 11.8 Å². The van der Waals surface area contributed by atoms with E-state index in [9.17, 15) is 9.59 Å². The highest BCUT2D eigenvalue weighted by Crippen LogP contribution is 2.15. The number of thioether (sulfide) groups is 2. The van der Waals surface area contributed by atoms with Crippen LogP contribution in [0.25, 0.3) is 0 Å². The van der Waals surface area contributed by atoms with Crippen LogP contribution in [-0.4, -0.2) is 27.4 Å². The smallest absolute Gasteiger partial charge is 0.251 e. The van der Waals surface area contributed by atoms with Crippen LogP contribution in [0.5, 0.6) is 0 Å². The molecular weight excluding hydrogens is 378 g/mol. The minimum atomic E-state index is -0.189. The summed E-state index contributed by atoms with van der Waals surface area (Å²) in [6, 6.07) is 8.81. The Balaban J connectivity index is 1.82. The van der Waals surface area contributed by atoms with Gasteiger partial charge in [0.05, 0.1) is 11.4 Å². The average molecular weight is 398 g/mol. The third-order valence-electron chi connectivity index (χ3n) is 3.11. The predicted molar refractivity (Wildman–Crippen MR) is 105 cm³/mol. The zero-order valence-corrected chi connectivity index (χ0v) is 16.3. The van der Waals surface area contributed by atoms with Crippen LogP contribution in [0.15, 0.2) is 40.3 Å². The maximum absolute atomic E-state index is 12.0. The van der Waals surface area contributed by atoms with Gasteiger partial charge >= 0.3 is 0 Å². The van der Waals surface area contributed by atoms with Gasteiger partial charge in [0.2, 0.25) is 5.91 Å². The van der Waals surface area contributed by atoms with E-state index in [1.807, 2.05) is 12.1 Å². The summed E-state index contributed by atoms with van der Waals surface area (Å²) < 4.78 is 0. The number of rotatable bonds is 9. The van der Waals surface area contributed by atoms with Crippen LogP contribution in [0.3, 0.4) is 0 Å². The molecule has 0 fully saturated rings. The molecule has 5 nitrogen and oxygen atoms in total. The highest BCUT2D eigenvalue weighted by molar-refractivity contribution is 7.99. The predicted octanol–water partition coefficient (Wildman–Crippen LogP) is 3.48. The first-order chi connectivity index (χ1) is 12.1. The van der Waals surface area contributed by atoms with Gasteiger partial charge in [-0.05, 0) is 29.9 Å². The summed E-state index contributed by atoms with van der Waals surface area (Å²) in [4.78, 5) is 30.7. The van der Waals surface area contributed by atoms with Crippen molar-refractivity contribution >= 4 is 41.0 Å². The van der Waals surface area contributed by atoms with Crippen molar-refractivity contribution in [3.8, 4) is 0 Å². The van der Waals surface area contributed by atoms with Crippen LogP contribution in [0.2, 0.25) is 5.02 Å². The van der Waals surface area contributed by atoms with Crippen LogP contribution < -0.4 is 10.9 Å². The second-order valence-corrected chi connectivity index (χ2v) is 7.79. The van der Waals surface area contributed by atoms with Gasteiger partial charge in [-0.15, -0.1) is 0 Å². The Bertz CT molecular complexity index is 750. The number of carbonyl (C=O) groups is 1. The standard InChI is InChI=1S/C17H20ClN3O2S2/c1-2-7-24-10-14-8-15(22)21-17(20-14)25-11-16(23)19-9-12-3-5-13(18)6-4-12/h3-6,8H,2,7,9-11H2,1H3,(H,19,23)(H,20,21,22). The van der Waals surface area contributed by atoms with Crippen molar-refractivity contribution in [2.45, 2.75) is 30.8 Å². The van der Waals surface area contributed by atoms with Gasteiger partial charge in [0.25, 0.3) is 5.56 Å². The van der Waals surface area contributed by atoms with Gasteiger partial charge in [0, 0.05) is 23.4 Å². The Morgan fingerprint density at radius 3 is 2.80 bits per heavy atom. The minimum Gasteiger partial charge on any atom is -0.351 e. The first-order valence-electron chi connectivity index (χ1n) is 7.88. The number of nitrogens with one attached hydrogen (secondary N) is 2. The zero-order valence-electron chi connectivity index (χ0n) is 13.9. The van der Waals surface area contributed by atoms with E-state index in [0.29, 0.717) is 22.5 Å². The lowest BCUT2D eigenvalue weighted by Crippen LogP contribution is -2.24. The van der Waals surface area contributed by atoms with Crippen molar-refractivity contribution in [3.05, 3.63) is 57.0 Å². The molecule has 0 unspecified atom stereocenters. The monoisotopic (exact) mass is 397 g/mol. The van der Waals surface area contributed by atoms with Gasteiger partial charge in [-0.3, -0.25) is 9.59 Å². The number of carbonyl (C=O) groups excluding carboxylic acids is 1. The molecule has 134 valence electrons. The normalized spacial score (nSPS) is 10.6. The molecule has 0 atom stereocenters. The van der Waals surface area contributed by atoms with E-state index in [1.165, 1.54) is 17.8 Å². The maximum Gasteiger partial charge on any atom is 0.251 e. The Morgan fingerprint density at radius 2 is 2.08 bits per heavy atom. The van der Waals surface area contributed by atoms with E-state index in [1.54, 1.807) is 23.9 Å². The van der Waals surface area contributed by atoms with E-state index in [4.69, 9.17) is 11.6 Å². The lowest BCUT2D eigenvalue weighted by atomic mass is 10.2. The third kappa shape index (κ3) is 7.54. The molecule has 1 aromatic carbocycles. The van der Waals surface area contributed by atoms with Crippen LogP contribution >= 0.6 is 35.1 Å².